The van der Waals surface area contributed by atoms with Crippen molar-refractivity contribution in [3.63, 3.8) is 0 Å². The number of thioether (sulfide) groups is 1. The summed E-state index contributed by atoms with van der Waals surface area (Å²) in [5.74, 6) is 1.48. The maximum absolute atomic E-state index is 12.1. The molecule has 22 heavy (non-hydrogen) atoms. The SMILES string of the molecule is COc1ccc2c(C)cc(SCC(=O)N3CCCC3)nc2c1. The molecule has 0 atom stereocenters. The van der Waals surface area contributed by atoms with Gasteiger partial charge in [0.15, 0.2) is 0 Å². The summed E-state index contributed by atoms with van der Waals surface area (Å²) in [4.78, 5) is 18.7. The van der Waals surface area contributed by atoms with Crippen molar-refractivity contribution in [3.8, 4) is 5.75 Å². The first-order valence-corrected chi connectivity index (χ1v) is 8.52. The highest BCUT2D eigenvalue weighted by molar-refractivity contribution is 7.99. The van der Waals surface area contributed by atoms with Gasteiger partial charge in [-0.25, -0.2) is 4.98 Å². The van der Waals surface area contributed by atoms with Gasteiger partial charge in [0.1, 0.15) is 5.75 Å². The number of carbonyl (C=O) groups is 1. The van der Waals surface area contributed by atoms with Crippen LogP contribution in [-0.2, 0) is 4.79 Å². The molecule has 0 bridgehead atoms. The van der Waals surface area contributed by atoms with Crippen molar-refractivity contribution in [2.45, 2.75) is 24.8 Å². The number of likely N-dealkylation sites (tertiary alicyclic amines) is 1. The Balaban J connectivity index is 1.77. The minimum Gasteiger partial charge on any atom is -0.497 e. The van der Waals surface area contributed by atoms with E-state index in [0.717, 1.165) is 47.6 Å². The molecule has 1 amide bonds. The molecule has 1 aromatic heterocycles. The molecule has 1 aromatic carbocycles. The molecule has 0 N–H and O–H groups in total. The highest BCUT2D eigenvalue weighted by atomic mass is 32.2. The lowest BCUT2D eigenvalue weighted by atomic mass is 10.1. The summed E-state index contributed by atoms with van der Waals surface area (Å²) in [5.41, 5.74) is 2.08. The summed E-state index contributed by atoms with van der Waals surface area (Å²) in [6.45, 7) is 3.88. The first-order valence-electron chi connectivity index (χ1n) is 7.53. The van der Waals surface area contributed by atoms with Crippen LogP contribution in [0.2, 0.25) is 0 Å². The number of aromatic nitrogens is 1. The zero-order chi connectivity index (χ0) is 15.5. The van der Waals surface area contributed by atoms with Crippen LogP contribution in [0.15, 0.2) is 29.3 Å². The van der Waals surface area contributed by atoms with Gasteiger partial charge >= 0.3 is 0 Å². The van der Waals surface area contributed by atoms with E-state index < -0.39 is 0 Å². The first-order chi connectivity index (χ1) is 10.7. The van der Waals surface area contributed by atoms with Crippen molar-refractivity contribution in [2.75, 3.05) is 26.0 Å². The average molecular weight is 316 g/mol. The van der Waals surface area contributed by atoms with Gasteiger partial charge in [-0.2, -0.15) is 0 Å². The molecule has 3 rings (SSSR count). The molecule has 0 aliphatic carbocycles. The number of aryl methyl sites for hydroxylation is 1. The predicted molar refractivity (Wildman–Crippen MR) is 89.6 cm³/mol. The van der Waals surface area contributed by atoms with Gasteiger partial charge in [-0.3, -0.25) is 4.79 Å². The number of methoxy groups -OCH3 is 1. The molecule has 0 spiro atoms. The Kier molecular flexibility index (Phi) is 4.52. The normalized spacial score (nSPS) is 14.5. The van der Waals surface area contributed by atoms with E-state index in [9.17, 15) is 4.79 Å². The van der Waals surface area contributed by atoms with Gasteiger partial charge < -0.3 is 9.64 Å². The number of benzene rings is 1. The van der Waals surface area contributed by atoms with Gasteiger partial charge in [0.2, 0.25) is 5.91 Å². The smallest absolute Gasteiger partial charge is 0.232 e. The van der Waals surface area contributed by atoms with E-state index in [4.69, 9.17) is 4.74 Å². The highest BCUT2D eigenvalue weighted by Gasteiger charge is 2.18. The molecule has 5 heteroatoms. The summed E-state index contributed by atoms with van der Waals surface area (Å²) in [5, 5.41) is 2.02. The zero-order valence-electron chi connectivity index (χ0n) is 13.0. The van der Waals surface area contributed by atoms with Gasteiger partial charge in [0.25, 0.3) is 0 Å². The molecule has 0 saturated carbocycles. The molecule has 1 aliphatic rings. The van der Waals surface area contributed by atoms with Gasteiger partial charge in [-0.15, -0.1) is 0 Å². The molecular formula is C17H20N2O2S. The van der Waals surface area contributed by atoms with E-state index in [0.29, 0.717) is 5.75 Å². The van der Waals surface area contributed by atoms with E-state index in [2.05, 4.69) is 18.0 Å². The van der Waals surface area contributed by atoms with Crippen LogP contribution in [0, 0.1) is 6.92 Å². The van der Waals surface area contributed by atoms with Crippen LogP contribution in [0.5, 0.6) is 5.75 Å². The maximum atomic E-state index is 12.1. The minimum absolute atomic E-state index is 0.215. The van der Waals surface area contributed by atoms with Crippen LogP contribution in [0.25, 0.3) is 10.9 Å². The van der Waals surface area contributed by atoms with Crippen LogP contribution in [0.1, 0.15) is 18.4 Å². The van der Waals surface area contributed by atoms with Crippen LogP contribution < -0.4 is 4.74 Å². The molecule has 2 aromatic rings. The molecular weight excluding hydrogens is 296 g/mol. The Morgan fingerprint density at radius 2 is 2.09 bits per heavy atom. The van der Waals surface area contributed by atoms with E-state index in [1.165, 1.54) is 17.3 Å². The molecule has 2 heterocycles. The quantitative estimate of drug-likeness (QED) is 0.812. The zero-order valence-corrected chi connectivity index (χ0v) is 13.8. The van der Waals surface area contributed by atoms with Crippen LogP contribution in [0.4, 0.5) is 0 Å². The number of fused-ring (bicyclic) bond motifs is 1. The summed E-state index contributed by atoms with van der Waals surface area (Å²) in [7, 11) is 1.65. The summed E-state index contributed by atoms with van der Waals surface area (Å²) < 4.78 is 5.26. The average Bonchev–Trinajstić information content (AvgIpc) is 3.06. The second-order valence-electron chi connectivity index (χ2n) is 5.54. The van der Waals surface area contributed by atoms with Crippen LogP contribution >= 0.6 is 11.8 Å². The lowest BCUT2D eigenvalue weighted by Crippen LogP contribution is -2.29. The Morgan fingerprint density at radius 1 is 1.32 bits per heavy atom. The van der Waals surface area contributed by atoms with Gasteiger partial charge in [-0.1, -0.05) is 11.8 Å². The third kappa shape index (κ3) is 3.19. The number of nitrogens with zero attached hydrogens (tertiary/aromatic N) is 2. The van der Waals surface area contributed by atoms with E-state index >= 15 is 0 Å². The summed E-state index contributed by atoms with van der Waals surface area (Å²) >= 11 is 1.51. The van der Waals surface area contributed by atoms with Gasteiger partial charge in [0, 0.05) is 24.5 Å². The first kappa shape index (κ1) is 15.2. The molecule has 116 valence electrons. The molecule has 4 nitrogen and oxygen atoms in total. The molecule has 1 saturated heterocycles. The van der Waals surface area contributed by atoms with E-state index in [-0.39, 0.29) is 5.91 Å². The van der Waals surface area contributed by atoms with E-state index in [1.807, 2.05) is 23.1 Å². The third-order valence-electron chi connectivity index (χ3n) is 4.00. The fourth-order valence-corrected chi connectivity index (χ4v) is 3.62. The molecule has 0 unspecified atom stereocenters. The fourth-order valence-electron chi connectivity index (χ4n) is 2.75. The molecule has 1 fully saturated rings. The van der Waals surface area contributed by atoms with Crippen LogP contribution in [-0.4, -0.2) is 41.7 Å². The van der Waals surface area contributed by atoms with Crippen LogP contribution in [0.3, 0.4) is 0 Å². The second-order valence-corrected chi connectivity index (χ2v) is 6.53. The largest absolute Gasteiger partial charge is 0.497 e. The number of amides is 1. The maximum Gasteiger partial charge on any atom is 0.232 e. The number of ether oxygens (including phenoxy) is 1. The number of carbonyl (C=O) groups excluding carboxylic acids is 1. The number of rotatable bonds is 4. The number of pyridine rings is 1. The van der Waals surface area contributed by atoms with Gasteiger partial charge in [0.05, 0.1) is 23.4 Å². The van der Waals surface area contributed by atoms with Crippen molar-refractivity contribution in [3.05, 3.63) is 29.8 Å². The topological polar surface area (TPSA) is 42.4 Å². The summed E-state index contributed by atoms with van der Waals surface area (Å²) in [6.07, 6.45) is 2.26. The lowest BCUT2D eigenvalue weighted by Gasteiger charge is -2.14. The lowest BCUT2D eigenvalue weighted by molar-refractivity contribution is -0.127. The van der Waals surface area contributed by atoms with E-state index in [1.54, 1.807) is 7.11 Å². The molecule has 1 aliphatic heterocycles. The standard InChI is InChI=1S/C17H20N2O2S/c1-12-9-16(22-11-17(20)19-7-3-4-8-19)18-15-10-13(21-2)5-6-14(12)15/h5-6,9-10H,3-4,7-8,11H2,1-2H3. The Labute approximate surface area is 134 Å². The number of hydrogen-bond acceptors (Lipinski definition) is 4. The minimum atomic E-state index is 0.215. The third-order valence-corrected chi connectivity index (χ3v) is 4.90. The second kappa shape index (κ2) is 6.57. The highest BCUT2D eigenvalue weighted by Crippen LogP contribution is 2.27. The Morgan fingerprint density at radius 3 is 2.82 bits per heavy atom. The van der Waals surface area contributed by atoms with Crippen molar-refractivity contribution in [1.29, 1.82) is 0 Å². The van der Waals surface area contributed by atoms with Gasteiger partial charge in [-0.05, 0) is 43.5 Å². The number of hydrogen-bond donors (Lipinski definition) is 0. The molecule has 0 radical (unpaired) electrons. The monoisotopic (exact) mass is 316 g/mol. The van der Waals surface area contributed by atoms with Crippen molar-refractivity contribution < 1.29 is 9.53 Å². The fraction of sp³-hybridized carbons (Fsp3) is 0.412. The predicted octanol–water partition coefficient (Wildman–Crippen LogP) is 3.27. The van der Waals surface area contributed by atoms with Crippen molar-refractivity contribution >= 4 is 28.6 Å². The summed E-state index contributed by atoms with van der Waals surface area (Å²) in [6, 6.07) is 7.96. The Hall–Kier alpha value is -1.75. The van der Waals surface area contributed by atoms with Crippen molar-refractivity contribution in [1.82, 2.24) is 9.88 Å². The van der Waals surface area contributed by atoms with Crippen molar-refractivity contribution in [2.24, 2.45) is 0 Å². The Bertz CT molecular complexity index is 696.